The number of aromatic nitrogens is 2. The maximum Gasteiger partial charge on any atom is 0.405 e. The van der Waals surface area contributed by atoms with Crippen LogP contribution in [0.1, 0.15) is 24.1 Å². The fourth-order valence-corrected chi connectivity index (χ4v) is 4.46. The summed E-state index contributed by atoms with van der Waals surface area (Å²) in [5, 5.41) is 11.4. The van der Waals surface area contributed by atoms with Crippen molar-refractivity contribution in [2.45, 2.75) is 31.0 Å². The second-order valence-corrected chi connectivity index (χ2v) is 8.25. The Kier molecular flexibility index (Phi) is 6.34. The van der Waals surface area contributed by atoms with Crippen LogP contribution in [-0.4, -0.2) is 71.3 Å². The normalized spacial score (nSPS) is 17.5. The number of amides is 2. The van der Waals surface area contributed by atoms with Crippen molar-refractivity contribution < 1.29 is 32.6 Å². The van der Waals surface area contributed by atoms with E-state index < -0.39 is 30.7 Å². The fraction of sp³-hybridized carbons (Fsp3) is 0.455. The topological polar surface area (TPSA) is 108 Å². The first kappa shape index (κ1) is 23.7. The molecule has 2 amide bonds. The third-order valence-corrected chi connectivity index (χ3v) is 6.24. The lowest BCUT2D eigenvalue weighted by Crippen LogP contribution is -2.57. The Hall–Kier alpha value is -3.41. The van der Waals surface area contributed by atoms with E-state index in [0.29, 0.717) is 22.7 Å². The van der Waals surface area contributed by atoms with Crippen molar-refractivity contribution in [1.82, 2.24) is 14.9 Å². The van der Waals surface area contributed by atoms with Gasteiger partial charge in [-0.25, -0.2) is 9.97 Å². The van der Waals surface area contributed by atoms with E-state index in [1.807, 2.05) is 0 Å². The number of nitrogens with zero attached hydrogens (tertiary/aromatic N) is 4. The molecule has 0 bridgehead atoms. The summed E-state index contributed by atoms with van der Waals surface area (Å²) in [6, 6.07) is 6.96. The molecule has 34 heavy (non-hydrogen) atoms. The van der Waals surface area contributed by atoms with Gasteiger partial charge >= 0.3 is 6.18 Å². The Morgan fingerprint density at radius 1 is 1.24 bits per heavy atom. The average Bonchev–Trinajstić information content (AvgIpc) is 2.84. The third-order valence-electron chi connectivity index (χ3n) is 6.24. The van der Waals surface area contributed by atoms with Crippen molar-refractivity contribution in [3.8, 4) is 5.75 Å². The lowest BCUT2D eigenvalue weighted by atomic mass is 9.70. The van der Waals surface area contributed by atoms with Crippen LogP contribution in [0.3, 0.4) is 0 Å². The number of carbonyl (C=O) groups is 2. The number of methoxy groups -OCH3 is 1. The molecular weight excluding hydrogens is 455 g/mol. The van der Waals surface area contributed by atoms with Gasteiger partial charge in [0.1, 0.15) is 18.9 Å². The summed E-state index contributed by atoms with van der Waals surface area (Å²) >= 11 is 0. The van der Waals surface area contributed by atoms with Gasteiger partial charge in [-0.2, -0.15) is 13.2 Å². The number of alkyl halides is 3. The molecule has 1 aromatic carbocycles. The van der Waals surface area contributed by atoms with Gasteiger partial charge in [-0.3, -0.25) is 9.59 Å². The smallest absolute Gasteiger partial charge is 0.405 e. The number of fused-ring (bicyclic) bond motifs is 2. The van der Waals surface area contributed by atoms with Crippen LogP contribution >= 0.6 is 0 Å². The van der Waals surface area contributed by atoms with Gasteiger partial charge in [-0.15, -0.1) is 0 Å². The number of anilines is 2. The van der Waals surface area contributed by atoms with E-state index in [4.69, 9.17) is 4.74 Å². The second-order valence-electron chi connectivity index (χ2n) is 8.25. The van der Waals surface area contributed by atoms with Gasteiger partial charge in [0.2, 0.25) is 17.8 Å². The molecule has 9 nitrogen and oxygen atoms in total. The van der Waals surface area contributed by atoms with Crippen LogP contribution in [0.15, 0.2) is 30.5 Å². The standard InChI is InChI=1S/C22H24F3N5O4/c1-34-16-4-2-15(3-5-16)30-11-14-10-26-20(27-13-22(23,24)25)28-18(14)21(19(30)33)6-8-29(9-7-21)17(32)12-31/h2-5,10,31H,6-9,11-13H2,1H3,(H,26,27,28). The van der Waals surface area contributed by atoms with Crippen LogP contribution in [0.25, 0.3) is 0 Å². The summed E-state index contributed by atoms with van der Waals surface area (Å²) in [6.07, 6.45) is -2.58. The predicted octanol–water partition coefficient (Wildman–Crippen LogP) is 1.86. The molecule has 0 unspecified atom stereocenters. The Balaban J connectivity index is 1.72. The molecule has 12 heteroatoms. The summed E-state index contributed by atoms with van der Waals surface area (Å²) in [6.45, 7) is -1.37. The number of aliphatic hydroxyl groups excluding tert-OH is 1. The lowest BCUT2D eigenvalue weighted by Gasteiger charge is -2.46. The van der Waals surface area contributed by atoms with E-state index in [-0.39, 0.29) is 44.3 Å². The third kappa shape index (κ3) is 4.49. The molecule has 1 spiro atoms. The van der Waals surface area contributed by atoms with Gasteiger partial charge in [0.05, 0.1) is 24.8 Å². The Morgan fingerprint density at radius 2 is 1.91 bits per heavy atom. The van der Waals surface area contributed by atoms with Crippen LogP contribution in [0.2, 0.25) is 0 Å². The van der Waals surface area contributed by atoms with Gasteiger partial charge in [0, 0.05) is 30.5 Å². The maximum absolute atomic E-state index is 13.9. The Bertz CT molecular complexity index is 1070. The zero-order valence-electron chi connectivity index (χ0n) is 18.4. The summed E-state index contributed by atoms with van der Waals surface area (Å²) in [5.41, 5.74) is 0.481. The highest BCUT2D eigenvalue weighted by Gasteiger charge is 2.51. The van der Waals surface area contributed by atoms with Crippen molar-refractivity contribution in [3.63, 3.8) is 0 Å². The van der Waals surface area contributed by atoms with Gasteiger partial charge in [0.15, 0.2) is 0 Å². The van der Waals surface area contributed by atoms with Crippen molar-refractivity contribution >= 4 is 23.5 Å². The molecule has 3 heterocycles. The number of hydrogen-bond donors (Lipinski definition) is 2. The molecular formula is C22H24F3N5O4. The number of benzene rings is 1. The van der Waals surface area contributed by atoms with Crippen molar-refractivity contribution in [3.05, 3.63) is 41.7 Å². The molecule has 1 aromatic heterocycles. The molecule has 0 aliphatic carbocycles. The fourth-order valence-electron chi connectivity index (χ4n) is 4.46. The monoisotopic (exact) mass is 479 g/mol. The van der Waals surface area contributed by atoms with E-state index in [9.17, 15) is 27.9 Å². The Labute approximate surface area is 193 Å². The lowest BCUT2D eigenvalue weighted by molar-refractivity contribution is -0.138. The second kappa shape index (κ2) is 9.09. The molecule has 4 rings (SSSR count). The first-order chi connectivity index (χ1) is 16.2. The minimum absolute atomic E-state index is 0.154. The predicted molar refractivity (Wildman–Crippen MR) is 115 cm³/mol. The Morgan fingerprint density at radius 3 is 2.50 bits per heavy atom. The van der Waals surface area contributed by atoms with Crippen molar-refractivity contribution in [1.29, 1.82) is 0 Å². The highest BCUT2D eigenvalue weighted by Crippen LogP contribution is 2.43. The van der Waals surface area contributed by atoms with Crippen LogP contribution in [-0.2, 0) is 21.5 Å². The summed E-state index contributed by atoms with van der Waals surface area (Å²) in [4.78, 5) is 37.3. The SMILES string of the molecule is COc1ccc(N2Cc3cnc(NCC(F)(F)F)nc3C3(CCN(C(=O)CO)CC3)C2=O)cc1. The molecule has 1 fully saturated rings. The number of aliphatic hydroxyl groups is 1. The quantitative estimate of drug-likeness (QED) is 0.674. The molecule has 0 saturated carbocycles. The highest BCUT2D eigenvalue weighted by atomic mass is 19.4. The molecule has 1 saturated heterocycles. The van der Waals surface area contributed by atoms with Gasteiger partial charge < -0.3 is 25.0 Å². The summed E-state index contributed by atoms with van der Waals surface area (Å²) in [7, 11) is 1.54. The number of likely N-dealkylation sites (tertiary alicyclic amines) is 1. The zero-order chi connectivity index (χ0) is 24.5. The maximum atomic E-state index is 13.9. The van der Waals surface area contributed by atoms with E-state index in [1.165, 1.54) is 18.2 Å². The van der Waals surface area contributed by atoms with Crippen LogP contribution in [0, 0.1) is 0 Å². The van der Waals surface area contributed by atoms with E-state index in [1.54, 1.807) is 29.2 Å². The molecule has 2 aliphatic heterocycles. The minimum atomic E-state index is -4.45. The first-order valence-electron chi connectivity index (χ1n) is 10.7. The highest BCUT2D eigenvalue weighted by molar-refractivity contribution is 6.03. The number of piperidine rings is 1. The molecule has 0 radical (unpaired) electrons. The average molecular weight is 479 g/mol. The van der Waals surface area contributed by atoms with Crippen LogP contribution in [0.5, 0.6) is 5.75 Å². The number of rotatable bonds is 5. The summed E-state index contributed by atoms with van der Waals surface area (Å²) < 4.78 is 43.3. The van der Waals surface area contributed by atoms with Gasteiger partial charge in [-0.05, 0) is 37.1 Å². The summed E-state index contributed by atoms with van der Waals surface area (Å²) in [5.74, 6) is -0.278. The van der Waals surface area contributed by atoms with E-state index >= 15 is 0 Å². The van der Waals surface area contributed by atoms with Gasteiger partial charge in [-0.1, -0.05) is 0 Å². The number of nitrogens with one attached hydrogen (secondary N) is 1. The van der Waals surface area contributed by atoms with E-state index in [0.717, 1.165) is 0 Å². The molecule has 2 N–H and O–H groups in total. The number of carbonyl (C=O) groups excluding carboxylic acids is 2. The number of ether oxygens (including phenoxy) is 1. The first-order valence-corrected chi connectivity index (χ1v) is 10.7. The van der Waals surface area contributed by atoms with Crippen molar-refractivity contribution in [2.75, 3.05) is 43.6 Å². The van der Waals surface area contributed by atoms with Crippen LogP contribution < -0.4 is 15.0 Å². The number of hydrogen-bond acceptors (Lipinski definition) is 7. The molecule has 2 aliphatic rings. The minimum Gasteiger partial charge on any atom is -0.497 e. The zero-order valence-corrected chi connectivity index (χ0v) is 18.4. The molecule has 0 atom stereocenters. The molecule has 182 valence electrons. The largest absolute Gasteiger partial charge is 0.497 e. The molecule has 2 aromatic rings. The van der Waals surface area contributed by atoms with E-state index in [2.05, 4.69) is 15.3 Å². The number of halogens is 3. The van der Waals surface area contributed by atoms with Crippen molar-refractivity contribution in [2.24, 2.45) is 0 Å². The van der Waals surface area contributed by atoms with Crippen LogP contribution in [0.4, 0.5) is 24.8 Å². The van der Waals surface area contributed by atoms with Gasteiger partial charge in [0.25, 0.3) is 0 Å².